The van der Waals surface area contributed by atoms with Gasteiger partial charge in [-0.2, -0.15) is 0 Å². The summed E-state index contributed by atoms with van der Waals surface area (Å²) < 4.78 is 19.4. The Labute approximate surface area is 120 Å². The van der Waals surface area contributed by atoms with Crippen LogP contribution < -0.4 is 10.5 Å². The largest absolute Gasteiger partial charge is 0.455 e. The van der Waals surface area contributed by atoms with E-state index < -0.39 is 11.9 Å². The van der Waals surface area contributed by atoms with Gasteiger partial charge in [0.25, 0.3) is 0 Å². The molecule has 100 valence electrons. The number of benzene rings is 2. The van der Waals surface area contributed by atoms with E-state index in [0.717, 1.165) is 0 Å². The highest BCUT2D eigenvalue weighted by Crippen LogP contribution is 2.37. The van der Waals surface area contributed by atoms with Crippen LogP contribution in [0.3, 0.4) is 0 Å². The molecule has 0 heterocycles. The summed E-state index contributed by atoms with van der Waals surface area (Å²) in [6.45, 7) is 1.69. The summed E-state index contributed by atoms with van der Waals surface area (Å²) in [6, 6.07) is 9.04. The number of ether oxygens (including phenoxy) is 1. The molecular weight excluding hydrogens is 288 g/mol. The number of nitrogens with two attached hydrogens (primary N) is 1. The second-order valence-corrected chi connectivity index (χ2v) is 4.88. The van der Waals surface area contributed by atoms with Gasteiger partial charge in [-0.05, 0) is 31.2 Å². The van der Waals surface area contributed by atoms with Gasteiger partial charge in [-0.25, -0.2) is 4.39 Å². The maximum Gasteiger partial charge on any atom is 0.147 e. The van der Waals surface area contributed by atoms with Crippen LogP contribution in [0.5, 0.6) is 11.5 Å². The maximum absolute atomic E-state index is 13.8. The lowest BCUT2D eigenvalue weighted by Crippen LogP contribution is -2.09. The standard InChI is InChI=1S/C14H12Cl2FNO/c1-8(18)13-10(17)5-3-6-11(13)19-12-7-2-4-9(15)14(12)16/h2-8H,18H2,1H3/t8-/m0/s1. The van der Waals surface area contributed by atoms with Gasteiger partial charge in [0.2, 0.25) is 0 Å². The van der Waals surface area contributed by atoms with E-state index in [1.54, 1.807) is 37.3 Å². The third-order valence-corrected chi connectivity index (χ3v) is 3.41. The SMILES string of the molecule is C[C@H](N)c1c(F)cccc1Oc1cccc(Cl)c1Cl. The van der Waals surface area contributed by atoms with Gasteiger partial charge in [0.1, 0.15) is 22.3 Å². The molecule has 0 aromatic heterocycles. The molecule has 2 rings (SSSR count). The predicted molar refractivity (Wildman–Crippen MR) is 75.5 cm³/mol. The zero-order valence-corrected chi connectivity index (χ0v) is 11.7. The lowest BCUT2D eigenvalue weighted by molar-refractivity contribution is 0.461. The lowest BCUT2D eigenvalue weighted by Gasteiger charge is -2.15. The third kappa shape index (κ3) is 3.00. The van der Waals surface area contributed by atoms with E-state index in [2.05, 4.69) is 0 Å². The number of hydrogen-bond acceptors (Lipinski definition) is 2. The van der Waals surface area contributed by atoms with Crippen molar-refractivity contribution in [3.63, 3.8) is 0 Å². The Hall–Kier alpha value is -1.29. The fourth-order valence-corrected chi connectivity index (χ4v) is 2.06. The van der Waals surface area contributed by atoms with E-state index in [0.29, 0.717) is 22.1 Å². The second-order valence-electron chi connectivity index (χ2n) is 4.09. The first kappa shape index (κ1) is 14.1. The Morgan fingerprint density at radius 2 is 1.74 bits per heavy atom. The first-order chi connectivity index (χ1) is 9.00. The monoisotopic (exact) mass is 299 g/mol. The smallest absolute Gasteiger partial charge is 0.147 e. The highest BCUT2D eigenvalue weighted by atomic mass is 35.5. The lowest BCUT2D eigenvalue weighted by atomic mass is 10.1. The highest BCUT2D eigenvalue weighted by Gasteiger charge is 2.15. The van der Waals surface area contributed by atoms with Crippen LogP contribution in [0.2, 0.25) is 10.0 Å². The minimum absolute atomic E-state index is 0.282. The van der Waals surface area contributed by atoms with Crippen LogP contribution in [0.25, 0.3) is 0 Å². The number of rotatable bonds is 3. The molecule has 2 aromatic carbocycles. The van der Waals surface area contributed by atoms with Crippen molar-refractivity contribution in [1.82, 2.24) is 0 Å². The van der Waals surface area contributed by atoms with Gasteiger partial charge in [-0.15, -0.1) is 0 Å². The molecule has 5 heteroatoms. The van der Waals surface area contributed by atoms with Crippen LogP contribution in [0.1, 0.15) is 18.5 Å². The van der Waals surface area contributed by atoms with E-state index in [1.807, 2.05) is 0 Å². The van der Waals surface area contributed by atoms with E-state index in [-0.39, 0.29) is 5.02 Å². The van der Waals surface area contributed by atoms with Gasteiger partial charge in [0.05, 0.1) is 5.02 Å². The van der Waals surface area contributed by atoms with Crippen LogP contribution in [-0.2, 0) is 0 Å². The summed E-state index contributed by atoms with van der Waals surface area (Å²) in [6.07, 6.45) is 0. The summed E-state index contributed by atoms with van der Waals surface area (Å²) >= 11 is 11.9. The fourth-order valence-electron chi connectivity index (χ4n) is 1.73. The zero-order valence-electron chi connectivity index (χ0n) is 10.2. The van der Waals surface area contributed by atoms with Gasteiger partial charge in [0, 0.05) is 11.6 Å². The average Bonchev–Trinajstić information content (AvgIpc) is 2.34. The fraction of sp³-hybridized carbons (Fsp3) is 0.143. The Bertz CT molecular complexity index is 602. The molecule has 0 aliphatic heterocycles. The normalized spacial score (nSPS) is 12.3. The van der Waals surface area contributed by atoms with E-state index in [4.69, 9.17) is 33.7 Å². The van der Waals surface area contributed by atoms with Crippen LogP contribution >= 0.6 is 23.2 Å². The van der Waals surface area contributed by atoms with Gasteiger partial charge in [0.15, 0.2) is 0 Å². The number of hydrogen-bond donors (Lipinski definition) is 1. The molecule has 0 amide bonds. The molecule has 0 spiro atoms. The number of halogens is 3. The molecule has 0 aliphatic rings. The molecule has 1 atom stereocenters. The Balaban J connectivity index is 2.44. The van der Waals surface area contributed by atoms with Gasteiger partial charge < -0.3 is 10.5 Å². The zero-order chi connectivity index (χ0) is 14.0. The van der Waals surface area contributed by atoms with Crippen molar-refractivity contribution in [3.8, 4) is 11.5 Å². The Morgan fingerprint density at radius 1 is 1.11 bits per heavy atom. The van der Waals surface area contributed by atoms with E-state index >= 15 is 0 Å². The summed E-state index contributed by atoms with van der Waals surface area (Å²) in [4.78, 5) is 0. The summed E-state index contributed by atoms with van der Waals surface area (Å²) in [5, 5.41) is 0.655. The third-order valence-electron chi connectivity index (χ3n) is 2.60. The maximum atomic E-state index is 13.8. The van der Waals surface area contributed by atoms with Crippen molar-refractivity contribution in [1.29, 1.82) is 0 Å². The molecule has 0 radical (unpaired) electrons. The van der Waals surface area contributed by atoms with Crippen molar-refractivity contribution >= 4 is 23.2 Å². The van der Waals surface area contributed by atoms with Crippen molar-refractivity contribution in [2.45, 2.75) is 13.0 Å². The van der Waals surface area contributed by atoms with Crippen LogP contribution in [0.15, 0.2) is 36.4 Å². The van der Waals surface area contributed by atoms with Crippen LogP contribution in [0.4, 0.5) is 4.39 Å². The Kier molecular flexibility index (Phi) is 4.30. The quantitative estimate of drug-likeness (QED) is 0.871. The molecule has 2 nitrogen and oxygen atoms in total. The highest BCUT2D eigenvalue weighted by molar-refractivity contribution is 6.42. The minimum atomic E-state index is -0.492. The Morgan fingerprint density at radius 3 is 2.42 bits per heavy atom. The van der Waals surface area contributed by atoms with E-state index in [1.165, 1.54) is 6.07 Å². The van der Waals surface area contributed by atoms with Gasteiger partial charge >= 0.3 is 0 Å². The molecule has 19 heavy (non-hydrogen) atoms. The molecule has 0 unspecified atom stereocenters. The molecule has 2 N–H and O–H groups in total. The summed E-state index contributed by atoms with van der Waals surface area (Å²) in [5.74, 6) is 0.284. The van der Waals surface area contributed by atoms with E-state index in [9.17, 15) is 4.39 Å². The molecule has 0 saturated carbocycles. The molecule has 0 fully saturated rings. The van der Waals surface area contributed by atoms with Crippen LogP contribution in [0, 0.1) is 5.82 Å². The van der Waals surface area contributed by atoms with Crippen LogP contribution in [-0.4, -0.2) is 0 Å². The predicted octanol–water partition coefficient (Wildman–Crippen LogP) is 4.94. The van der Waals surface area contributed by atoms with Crippen molar-refractivity contribution < 1.29 is 9.13 Å². The van der Waals surface area contributed by atoms with Crippen molar-refractivity contribution in [3.05, 3.63) is 57.8 Å². The minimum Gasteiger partial charge on any atom is -0.455 e. The molecule has 2 aromatic rings. The molecule has 0 bridgehead atoms. The second kappa shape index (κ2) is 5.78. The first-order valence-electron chi connectivity index (χ1n) is 5.66. The van der Waals surface area contributed by atoms with Gasteiger partial charge in [-0.1, -0.05) is 35.3 Å². The van der Waals surface area contributed by atoms with Crippen molar-refractivity contribution in [2.75, 3.05) is 0 Å². The first-order valence-corrected chi connectivity index (χ1v) is 6.42. The average molecular weight is 300 g/mol. The summed E-state index contributed by atoms with van der Waals surface area (Å²) in [7, 11) is 0. The summed E-state index contributed by atoms with van der Waals surface area (Å²) in [5.41, 5.74) is 6.06. The molecule has 0 aliphatic carbocycles. The van der Waals surface area contributed by atoms with Crippen molar-refractivity contribution in [2.24, 2.45) is 5.73 Å². The van der Waals surface area contributed by atoms with Gasteiger partial charge in [-0.3, -0.25) is 0 Å². The molecule has 0 saturated heterocycles. The topological polar surface area (TPSA) is 35.2 Å². The molecular formula is C14H12Cl2FNO.